The summed E-state index contributed by atoms with van der Waals surface area (Å²) < 4.78 is 5.41. The standard InChI is InChI=1S/C19H19ClN2O3/c1-21(12-14-5-4-6-15(20)11-14)18(23)9-10-22-16-7-2-3-8-17(16)25-13-19(22)24/h2-8,11H,9-10,12-13H2,1H3. The van der Waals surface area contributed by atoms with Gasteiger partial charge in [0, 0.05) is 31.6 Å². The largest absolute Gasteiger partial charge is 0.482 e. The second kappa shape index (κ2) is 7.57. The Balaban J connectivity index is 1.61. The Labute approximate surface area is 151 Å². The molecule has 0 atom stereocenters. The van der Waals surface area contributed by atoms with Gasteiger partial charge in [-0.15, -0.1) is 0 Å². The van der Waals surface area contributed by atoms with Crippen LogP contribution in [0.4, 0.5) is 5.69 Å². The number of ether oxygens (including phenoxy) is 1. The minimum Gasteiger partial charge on any atom is -0.482 e. The SMILES string of the molecule is CN(Cc1cccc(Cl)c1)C(=O)CCN1C(=O)COc2ccccc21. The predicted octanol–water partition coefficient (Wildman–Crippen LogP) is 3.11. The van der Waals surface area contributed by atoms with Gasteiger partial charge in [0.05, 0.1) is 5.69 Å². The van der Waals surface area contributed by atoms with Crippen molar-refractivity contribution in [2.75, 3.05) is 25.1 Å². The van der Waals surface area contributed by atoms with Crippen LogP contribution in [0.5, 0.6) is 5.75 Å². The lowest BCUT2D eigenvalue weighted by atomic mass is 10.2. The number of hydrogen-bond donors (Lipinski definition) is 0. The molecule has 0 radical (unpaired) electrons. The molecule has 1 heterocycles. The second-order valence-corrected chi connectivity index (χ2v) is 6.37. The van der Waals surface area contributed by atoms with Gasteiger partial charge in [-0.25, -0.2) is 0 Å². The molecule has 0 fully saturated rings. The van der Waals surface area contributed by atoms with Gasteiger partial charge in [0.15, 0.2) is 6.61 Å². The van der Waals surface area contributed by atoms with E-state index < -0.39 is 0 Å². The molecule has 25 heavy (non-hydrogen) atoms. The number of carbonyl (C=O) groups is 2. The van der Waals surface area contributed by atoms with Gasteiger partial charge in [-0.05, 0) is 29.8 Å². The fourth-order valence-electron chi connectivity index (χ4n) is 2.79. The molecular weight excluding hydrogens is 340 g/mol. The first-order valence-electron chi connectivity index (χ1n) is 8.05. The number of benzene rings is 2. The second-order valence-electron chi connectivity index (χ2n) is 5.93. The molecule has 5 nitrogen and oxygen atoms in total. The van der Waals surface area contributed by atoms with Gasteiger partial charge in [0.25, 0.3) is 5.91 Å². The number of para-hydroxylation sites is 2. The third-order valence-electron chi connectivity index (χ3n) is 4.09. The van der Waals surface area contributed by atoms with Crippen LogP contribution in [0.1, 0.15) is 12.0 Å². The van der Waals surface area contributed by atoms with Crippen LogP contribution in [0.2, 0.25) is 5.02 Å². The van der Waals surface area contributed by atoms with Crippen molar-refractivity contribution < 1.29 is 14.3 Å². The Morgan fingerprint density at radius 1 is 1.24 bits per heavy atom. The molecule has 3 rings (SSSR count). The predicted molar refractivity (Wildman–Crippen MR) is 96.8 cm³/mol. The van der Waals surface area contributed by atoms with E-state index in [9.17, 15) is 9.59 Å². The summed E-state index contributed by atoms with van der Waals surface area (Å²) in [5.41, 5.74) is 1.68. The maximum atomic E-state index is 12.4. The molecule has 2 aromatic rings. The molecule has 0 saturated carbocycles. The van der Waals surface area contributed by atoms with E-state index in [4.69, 9.17) is 16.3 Å². The summed E-state index contributed by atoms with van der Waals surface area (Å²) in [4.78, 5) is 27.8. The zero-order chi connectivity index (χ0) is 17.8. The number of nitrogens with zero attached hydrogens (tertiary/aromatic N) is 2. The monoisotopic (exact) mass is 358 g/mol. The van der Waals surface area contributed by atoms with Gasteiger partial charge >= 0.3 is 0 Å². The van der Waals surface area contributed by atoms with E-state index in [0.29, 0.717) is 29.5 Å². The number of amides is 2. The lowest BCUT2D eigenvalue weighted by Gasteiger charge is -2.29. The summed E-state index contributed by atoms with van der Waals surface area (Å²) in [5.74, 6) is 0.502. The number of rotatable bonds is 5. The molecule has 6 heteroatoms. The molecule has 0 aliphatic carbocycles. The average Bonchev–Trinajstić information content (AvgIpc) is 2.60. The summed E-state index contributed by atoms with van der Waals surface area (Å²) in [6.45, 7) is 0.814. The van der Waals surface area contributed by atoms with Gasteiger partial charge in [-0.2, -0.15) is 0 Å². The highest BCUT2D eigenvalue weighted by Gasteiger charge is 2.25. The van der Waals surface area contributed by atoms with E-state index in [1.165, 1.54) is 0 Å². The molecule has 0 N–H and O–H groups in total. The molecule has 2 aromatic carbocycles. The lowest BCUT2D eigenvalue weighted by molar-refractivity contribution is -0.130. The highest BCUT2D eigenvalue weighted by molar-refractivity contribution is 6.30. The average molecular weight is 359 g/mol. The number of carbonyl (C=O) groups excluding carboxylic acids is 2. The van der Waals surface area contributed by atoms with Gasteiger partial charge < -0.3 is 14.5 Å². The van der Waals surface area contributed by atoms with E-state index in [2.05, 4.69) is 0 Å². The molecule has 1 aliphatic rings. The number of halogens is 1. The zero-order valence-corrected chi connectivity index (χ0v) is 14.7. The van der Waals surface area contributed by atoms with E-state index in [1.54, 1.807) is 22.9 Å². The van der Waals surface area contributed by atoms with Gasteiger partial charge in [-0.3, -0.25) is 9.59 Å². The van der Waals surface area contributed by atoms with Crippen molar-refractivity contribution >= 4 is 29.1 Å². The van der Waals surface area contributed by atoms with Gasteiger partial charge in [0.1, 0.15) is 5.75 Å². The summed E-state index contributed by atoms with van der Waals surface area (Å²) in [7, 11) is 1.75. The Morgan fingerprint density at radius 2 is 2.04 bits per heavy atom. The molecule has 0 aromatic heterocycles. The van der Waals surface area contributed by atoms with E-state index >= 15 is 0 Å². The fourth-order valence-corrected chi connectivity index (χ4v) is 3.01. The maximum absolute atomic E-state index is 12.4. The molecular formula is C19H19ClN2O3. The minimum atomic E-state index is -0.135. The van der Waals surface area contributed by atoms with Crippen LogP contribution in [0.15, 0.2) is 48.5 Å². The van der Waals surface area contributed by atoms with E-state index in [1.807, 2.05) is 42.5 Å². The minimum absolute atomic E-state index is 0.00353. The first-order valence-corrected chi connectivity index (χ1v) is 8.43. The van der Waals surface area contributed by atoms with Crippen LogP contribution in [-0.4, -0.2) is 36.9 Å². The quantitative estimate of drug-likeness (QED) is 0.825. The lowest BCUT2D eigenvalue weighted by Crippen LogP contribution is -2.41. The molecule has 1 aliphatic heterocycles. The van der Waals surface area contributed by atoms with Crippen LogP contribution < -0.4 is 9.64 Å². The fraction of sp³-hybridized carbons (Fsp3) is 0.263. The molecule has 2 amide bonds. The topological polar surface area (TPSA) is 49.9 Å². The van der Waals surface area contributed by atoms with Crippen molar-refractivity contribution in [3.8, 4) is 5.75 Å². The van der Waals surface area contributed by atoms with Crippen LogP contribution in [-0.2, 0) is 16.1 Å². The molecule has 0 unspecified atom stereocenters. The normalized spacial score (nSPS) is 13.2. The first kappa shape index (κ1) is 17.3. The van der Waals surface area contributed by atoms with Crippen molar-refractivity contribution in [1.29, 1.82) is 0 Å². The third-order valence-corrected chi connectivity index (χ3v) is 4.33. The van der Waals surface area contributed by atoms with Crippen LogP contribution >= 0.6 is 11.6 Å². The van der Waals surface area contributed by atoms with Crippen molar-refractivity contribution in [3.63, 3.8) is 0 Å². The first-order chi connectivity index (χ1) is 12.0. The molecule has 130 valence electrons. The smallest absolute Gasteiger partial charge is 0.265 e. The van der Waals surface area contributed by atoms with E-state index in [0.717, 1.165) is 5.56 Å². The van der Waals surface area contributed by atoms with Crippen LogP contribution in [0.3, 0.4) is 0 Å². The summed E-state index contributed by atoms with van der Waals surface area (Å²) in [6.07, 6.45) is 0.247. The van der Waals surface area contributed by atoms with Crippen LogP contribution in [0, 0.1) is 0 Å². The van der Waals surface area contributed by atoms with Gasteiger partial charge in [0.2, 0.25) is 5.91 Å². The Kier molecular flexibility index (Phi) is 5.24. The molecule has 0 spiro atoms. The highest BCUT2D eigenvalue weighted by atomic mass is 35.5. The van der Waals surface area contributed by atoms with E-state index in [-0.39, 0.29) is 24.8 Å². The Bertz CT molecular complexity index is 794. The van der Waals surface area contributed by atoms with Crippen molar-refractivity contribution in [2.24, 2.45) is 0 Å². The van der Waals surface area contributed by atoms with Gasteiger partial charge in [-0.1, -0.05) is 35.9 Å². The zero-order valence-electron chi connectivity index (χ0n) is 13.9. The Morgan fingerprint density at radius 3 is 2.84 bits per heavy atom. The number of hydrogen-bond acceptors (Lipinski definition) is 3. The Hall–Kier alpha value is -2.53. The number of fused-ring (bicyclic) bond motifs is 1. The maximum Gasteiger partial charge on any atom is 0.265 e. The number of anilines is 1. The summed E-state index contributed by atoms with van der Waals surface area (Å²) in [5, 5.41) is 0.647. The molecule has 0 bridgehead atoms. The molecule has 0 saturated heterocycles. The van der Waals surface area contributed by atoms with Crippen molar-refractivity contribution in [2.45, 2.75) is 13.0 Å². The summed E-state index contributed by atoms with van der Waals surface area (Å²) in [6, 6.07) is 14.8. The van der Waals surface area contributed by atoms with Crippen molar-refractivity contribution in [1.82, 2.24) is 4.90 Å². The summed E-state index contributed by atoms with van der Waals surface area (Å²) >= 11 is 5.98. The highest BCUT2D eigenvalue weighted by Crippen LogP contribution is 2.31. The van der Waals surface area contributed by atoms with Crippen LogP contribution in [0.25, 0.3) is 0 Å². The van der Waals surface area contributed by atoms with Crippen molar-refractivity contribution in [3.05, 3.63) is 59.1 Å². The third kappa shape index (κ3) is 4.12.